The van der Waals surface area contributed by atoms with Crippen LogP contribution in [0.5, 0.6) is 5.75 Å². The van der Waals surface area contributed by atoms with Gasteiger partial charge in [-0.1, -0.05) is 23.7 Å². The summed E-state index contributed by atoms with van der Waals surface area (Å²) in [5, 5.41) is 9.57. The Labute approximate surface area is 176 Å². The molecule has 3 rings (SSSR count). The van der Waals surface area contributed by atoms with Crippen LogP contribution < -0.4 is 9.64 Å². The Morgan fingerprint density at radius 2 is 2.21 bits per heavy atom. The maximum atomic E-state index is 10.8. The van der Waals surface area contributed by atoms with E-state index in [1.807, 2.05) is 31.2 Å². The number of aliphatic carboxylic acids is 1. The smallest absolute Gasteiger partial charge is 0.303 e. The fourth-order valence-corrected chi connectivity index (χ4v) is 3.17. The van der Waals surface area contributed by atoms with Crippen LogP contribution in [0, 0.1) is 6.92 Å². The van der Waals surface area contributed by atoms with Crippen LogP contribution in [-0.2, 0) is 16.1 Å². The molecule has 1 N–H and O–H groups in total. The number of carboxylic acid groups (broad SMARTS) is 1. The number of aromatic nitrogens is 1. The van der Waals surface area contributed by atoms with E-state index in [1.54, 1.807) is 12.4 Å². The quantitative estimate of drug-likeness (QED) is 0.728. The Kier molecular flexibility index (Phi) is 8.41. The number of aryl methyl sites for hydroxylation is 1. The number of benzene rings is 1. The number of hydrogen-bond donors (Lipinski definition) is 1. The van der Waals surface area contributed by atoms with Crippen molar-refractivity contribution < 1.29 is 19.4 Å². The zero-order chi connectivity index (χ0) is 19.2. The van der Waals surface area contributed by atoms with Crippen molar-refractivity contribution in [2.75, 3.05) is 24.6 Å². The van der Waals surface area contributed by atoms with E-state index in [-0.39, 0.29) is 26.0 Å². The summed E-state index contributed by atoms with van der Waals surface area (Å²) in [5.74, 6) is -0.123. The molecule has 0 amide bonds. The van der Waals surface area contributed by atoms with E-state index in [9.17, 15) is 4.79 Å². The van der Waals surface area contributed by atoms with Gasteiger partial charge in [-0.15, -0.1) is 0 Å². The Balaban J connectivity index is 0.00000280. The zero-order valence-corrected chi connectivity index (χ0v) is 17.5. The summed E-state index contributed by atoms with van der Waals surface area (Å²) in [7, 11) is 0. The largest absolute Gasteiger partial charge is 0.487 e. The Morgan fingerprint density at radius 1 is 1.39 bits per heavy atom. The van der Waals surface area contributed by atoms with Crippen LogP contribution in [-0.4, -0.2) is 41.9 Å². The van der Waals surface area contributed by atoms with Gasteiger partial charge in [-0.2, -0.15) is 13.5 Å². The first-order chi connectivity index (χ1) is 13.0. The van der Waals surface area contributed by atoms with Gasteiger partial charge >= 0.3 is 5.97 Å². The van der Waals surface area contributed by atoms with Gasteiger partial charge in [0.2, 0.25) is 0 Å². The fraction of sp³-hybridized carbons (Fsp3) is 0.400. The number of anilines is 1. The lowest BCUT2D eigenvalue weighted by Gasteiger charge is -2.34. The third-order valence-electron chi connectivity index (χ3n) is 4.52. The van der Waals surface area contributed by atoms with E-state index in [0.29, 0.717) is 31.9 Å². The molecule has 28 heavy (non-hydrogen) atoms. The average molecular weight is 425 g/mol. The molecule has 1 aromatic heterocycles. The molecule has 0 saturated carbocycles. The molecular formula is C20H25ClN2O4S. The summed E-state index contributed by atoms with van der Waals surface area (Å²) >= 11 is 6.16. The molecule has 6 nitrogen and oxygen atoms in total. The molecule has 0 aliphatic carbocycles. The van der Waals surface area contributed by atoms with Gasteiger partial charge in [0.05, 0.1) is 30.8 Å². The Hall–Kier alpha value is -1.96. The molecule has 0 spiro atoms. The molecule has 2 heterocycles. The van der Waals surface area contributed by atoms with Crippen LogP contribution in [0.2, 0.25) is 5.02 Å². The lowest BCUT2D eigenvalue weighted by molar-refractivity contribution is -0.137. The van der Waals surface area contributed by atoms with Crippen LogP contribution in [0.4, 0.5) is 5.69 Å². The highest BCUT2D eigenvalue weighted by Gasteiger charge is 2.22. The summed E-state index contributed by atoms with van der Waals surface area (Å²) in [5.41, 5.74) is 2.98. The molecule has 1 aliphatic heterocycles. The monoisotopic (exact) mass is 424 g/mol. The number of morpholine rings is 1. The maximum absolute atomic E-state index is 10.8. The van der Waals surface area contributed by atoms with E-state index in [4.69, 9.17) is 26.2 Å². The number of pyridine rings is 1. The molecular weight excluding hydrogens is 400 g/mol. The van der Waals surface area contributed by atoms with Crippen molar-refractivity contribution in [3.05, 3.63) is 52.8 Å². The predicted octanol–water partition coefficient (Wildman–Crippen LogP) is 3.81. The summed E-state index contributed by atoms with van der Waals surface area (Å²) in [4.78, 5) is 17.2. The van der Waals surface area contributed by atoms with E-state index in [1.165, 1.54) is 0 Å². The first kappa shape index (κ1) is 22.3. The van der Waals surface area contributed by atoms with E-state index >= 15 is 0 Å². The summed E-state index contributed by atoms with van der Waals surface area (Å²) in [6, 6.07) is 7.82. The first-order valence-electron chi connectivity index (χ1n) is 8.92. The normalized spacial score (nSPS) is 16.4. The van der Waals surface area contributed by atoms with Gasteiger partial charge in [-0.25, -0.2) is 0 Å². The number of rotatable bonds is 7. The number of carboxylic acids is 1. The molecule has 8 heteroatoms. The second kappa shape index (κ2) is 10.5. The topological polar surface area (TPSA) is 71.9 Å². The van der Waals surface area contributed by atoms with Gasteiger partial charge in [0.1, 0.15) is 12.4 Å². The van der Waals surface area contributed by atoms with Gasteiger partial charge in [0.15, 0.2) is 0 Å². The molecule has 2 aromatic rings. The molecule has 1 aliphatic rings. The van der Waals surface area contributed by atoms with E-state index in [0.717, 1.165) is 28.4 Å². The van der Waals surface area contributed by atoms with E-state index < -0.39 is 5.97 Å². The van der Waals surface area contributed by atoms with Crippen molar-refractivity contribution >= 4 is 36.8 Å². The molecule has 1 aromatic carbocycles. The van der Waals surface area contributed by atoms with Crippen molar-refractivity contribution in [1.29, 1.82) is 0 Å². The minimum absolute atomic E-state index is 0. The lowest BCUT2D eigenvalue weighted by atomic mass is 10.1. The number of ether oxygens (including phenoxy) is 2. The van der Waals surface area contributed by atoms with Crippen molar-refractivity contribution in [2.45, 2.75) is 32.5 Å². The van der Waals surface area contributed by atoms with Crippen molar-refractivity contribution in [2.24, 2.45) is 0 Å². The molecule has 0 unspecified atom stereocenters. The van der Waals surface area contributed by atoms with Gasteiger partial charge in [0.25, 0.3) is 0 Å². The molecule has 1 atom stereocenters. The minimum Gasteiger partial charge on any atom is -0.487 e. The SMILES string of the molecule is Cc1ccc(COc2cncc(N3CCO[C@@H](CCC(=O)O)C3)c2)cc1Cl.S. The highest BCUT2D eigenvalue weighted by Crippen LogP contribution is 2.24. The van der Waals surface area contributed by atoms with Crippen LogP contribution in [0.15, 0.2) is 36.7 Å². The van der Waals surface area contributed by atoms with Gasteiger partial charge < -0.3 is 19.5 Å². The second-order valence-corrected chi connectivity index (χ2v) is 7.03. The molecule has 0 bridgehead atoms. The highest BCUT2D eigenvalue weighted by atomic mass is 35.5. The predicted molar refractivity (Wildman–Crippen MR) is 114 cm³/mol. The summed E-state index contributed by atoms with van der Waals surface area (Å²) < 4.78 is 11.5. The van der Waals surface area contributed by atoms with Crippen LogP contribution in [0.25, 0.3) is 0 Å². The van der Waals surface area contributed by atoms with Crippen molar-refractivity contribution in [1.82, 2.24) is 4.98 Å². The molecule has 152 valence electrons. The maximum Gasteiger partial charge on any atom is 0.303 e. The molecule has 0 radical (unpaired) electrons. The third kappa shape index (κ3) is 6.29. The number of nitrogens with zero attached hydrogens (tertiary/aromatic N) is 2. The lowest BCUT2D eigenvalue weighted by Crippen LogP contribution is -2.42. The number of halogens is 1. The van der Waals surface area contributed by atoms with Gasteiger partial charge in [-0.05, 0) is 30.5 Å². The Morgan fingerprint density at radius 3 is 2.96 bits per heavy atom. The first-order valence-corrected chi connectivity index (χ1v) is 9.30. The highest BCUT2D eigenvalue weighted by molar-refractivity contribution is 7.59. The van der Waals surface area contributed by atoms with E-state index in [2.05, 4.69) is 9.88 Å². The number of carbonyl (C=O) groups is 1. The van der Waals surface area contributed by atoms with Crippen LogP contribution >= 0.6 is 25.1 Å². The minimum atomic E-state index is -0.802. The fourth-order valence-electron chi connectivity index (χ4n) is 2.97. The van der Waals surface area contributed by atoms with Crippen LogP contribution in [0.3, 0.4) is 0 Å². The van der Waals surface area contributed by atoms with Crippen molar-refractivity contribution in [3.63, 3.8) is 0 Å². The second-order valence-electron chi connectivity index (χ2n) is 6.62. The summed E-state index contributed by atoms with van der Waals surface area (Å²) in [6.07, 6.45) is 3.99. The zero-order valence-electron chi connectivity index (χ0n) is 15.7. The van der Waals surface area contributed by atoms with Gasteiger partial charge in [0, 0.05) is 30.6 Å². The average Bonchev–Trinajstić information content (AvgIpc) is 2.68. The molecule has 1 saturated heterocycles. The number of hydrogen-bond acceptors (Lipinski definition) is 5. The third-order valence-corrected chi connectivity index (χ3v) is 4.93. The van der Waals surface area contributed by atoms with Crippen LogP contribution in [0.1, 0.15) is 24.0 Å². The standard InChI is InChI=1S/C20H23ClN2O4.H2S/c1-14-2-3-15(8-19(14)21)13-27-18-9-16(10-22-11-18)23-6-7-26-17(12-23)4-5-20(24)25;/h2-3,8-11,17H,4-7,12-13H2,1H3,(H,24,25);1H2/t17-;/m0./s1. The van der Waals surface area contributed by atoms with Gasteiger partial charge in [-0.3, -0.25) is 9.78 Å². The summed E-state index contributed by atoms with van der Waals surface area (Å²) in [6.45, 7) is 4.33. The van der Waals surface area contributed by atoms with Crippen molar-refractivity contribution in [3.8, 4) is 5.75 Å². The molecule has 1 fully saturated rings. The Bertz CT molecular complexity index is 806.